The van der Waals surface area contributed by atoms with Crippen LogP contribution < -0.4 is 5.32 Å². The number of H-pyrrole nitrogens is 1. The Morgan fingerprint density at radius 2 is 1.94 bits per heavy atom. The van der Waals surface area contributed by atoms with Gasteiger partial charge in [0, 0.05) is 10.9 Å². The van der Waals surface area contributed by atoms with Gasteiger partial charge in [-0.25, -0.2) is 9.97 Å². The molecule has 0 aliphatic rings. The molecule has 2 aromatic heterocycles. The van der Waals surface area contributed by atoms with Crippen LogP contribution in [0.5, 0.6) is 0 Å². The van der Waals surface area contributed by atoms with E-state index in [-0.39, 0.29) is 5.91 Å². The summed E-state index contributed by atoms with van der Waals surface area (Å²) in [5, 5.41) is 3.73. The number of anilines is 1. The molecule has 1 aromatic carbocycles. The van der Waals surface area contributed by atoms with E-state index in [2.05, 4.69) is 20.3 Å². The summed E-state index contributed by atoms with van der Waals surface area (Å²) >= 11 is 0. The number of benzene rings is 1. The molecule has 0 bridgehead atoms. The summed E-state index contributed by atoms with van der Waals surface area (Å²) in [4.78, 5) is 22.7. The van der Waals surface area contributed by atoms with Crippen molar-refractivity contribution in [2.45, 2.75) is 0 Å². The number of para-hydroxylation sites is 1. The van der Waals surface area contributed by atoms with Gasteiger partial charge >= 0.3 is 0 Å². The van der Waals surface area contributed by atoms with Gasteiger partial charge in [0.05, 0.1) is 18.1 Å². The second-order valence-electron chi connectivity index (χ2n) is 3.85. The van der Waals surface area contributed by atoms with Crippen LogP contribution in [-0.2, 0) is 0 Å². The molecule has 0 aliphatic carbocycles. The van der Waals surface area contributed by atoms with Gasteiger partial charge in [0.15, 0.2) is 0 Å². The van der Waals surface area contributed by atoms with Crippen LogP contribution in [-0.4, -0.2) is 20.9 Å². The van der Waals surface area contributed by atoms with Gasteiger partial charge in [0.2, 0.25) is 0 Å². The van der Waals surface area contributed by atoms with Crippen molar-refractivity contribution in [3.63, 3.8) is 0 Å². The van der Waals surface area contributed by atoms with Gasteiger partial charge < -0.3 is 10.3 Å². The Labute approximate surface area is 103 Å². The molecule has 88 valence electrons. The lowest BCUT2D eigenvalue weighted by atomic mass is 10.2. The first-order valence-corrected chi connectivity index (χ1v) is 5.47. The zero-order valence-corrected chi connectivity index (χ0v) is 9.42. The summed E-state index contributed by atoms with van der Waals surface area (Å²) in [5.41, 5.74) is 2.02. The third kappa shape index (κ3) is 1.93. The molecule has 5 nitrogen and oxygen atoms in total. The zero-order valence-electron chi connectivity index (χ0n) is 9.42. The third-order valence-corrected chi connectivity index (χ3v) is 2.59. The van der Waals surface area contributed by atoms with E-state index in [1.165, 1.54) is 6.33 Å². The number of amides is 1. The lowest BCUT2D eigenvalue weighted by Gasteiger charge is -2.01. The fourth-order valence-corrected chi connectivity index (χ4v) is 1.76. The van der Waals surface area contributed by atoms with Gasteiger partial charge in [-0.2, -0.15) is 0 Å². The molecule has 0 unspecified atom stereocenters. The summed E-state index contributed by atoms with van der Waals surface area (Å²) in [6, 6.07) is 9.55. The minimum absolute atomic E-state index is 0.207. The van der Waals surface area contributed by atoms with Crippen molar-refractivity contribution in [3.05, 3.63) is 54.7 Å². The van der Waals surface area contributed by atoms with Gasteiger partial charge in [-0.05, 0) is 12.1 Å². The van der Waals surface area contributed by atoms with E-state index in [9.17, 15) is 4.79 Å². The van der Waals surface area contributed by atoms with Gasteiger partial charge in [-0.1, -0.05) is 18.2 Å². The maximum atomic E-state index is 12.0. The maximum absolute atomic E-state index is 12.0. The molecule has 0 spiro atoms. The van der Waals surface area contributed by atoms with E-state index in [1.54, 1.807) is 12.4 Å². The second-order valence-corrected chi connectivity index (χ2v) is 3.85. The fraction of sp³-hybridized carbons (Fsp3) is 0. The number of rotatable bonds is 2. The first-order valence-electron chi connectivity index (χ1n) is 5.47. The molecule has 0 aliphatic heterocycles. The lowest BCUT2D eigenvalue weighted by Crippen LogP contribution is -2.12. The first kappa shape index (κ1) is 10.5. The predicted molar refractivity (Wildman–Crippen MR) is 68.3 cm³/mol. The van der Waals surface area contributed by atoms with Crippen molar-refractivity contribution in [2.75, 3.05) is 5.32 Å². The Balaban J connectivity index is 1.88. The Hall–Kier alpha value is -2.69. The average molecular weight is 238 g/mol. The highest BCUT2D eigenvalue weighted by Crippen LogP contribution is 2.15. The van der Waals surface area contributed by atoms with Crippen LogP contribution in [0.4, 0.5) is 5.69 Å². The molecule has 3 aromatic rings. The van der Waals surface area contributed by atoms with Crippen LogP contribution in [0.3, 0.4) is 0 Å². The van der Waals surface area contributed by atoms with Crippen LogP contribution in [0.2, 0.25) is 0 Å². The number of aromatic amines is 1. The Morgan fingerprint density at radius 3 is 2.72 bits per heavy atom. The fourth-order valence-electron chi connectivity index (χ4n) is 1.76. The van der Waals surface area contributed by atoms with Crippen molar-refractivity contribution in [2.24, 2.45) is 0 Å². The summed E-state index contributed by atoms with van der Waals surface area (Å²) in [6.45, 7) is 0. The SMILES string of the molecule is O=C(Nc1cncnc1)c1cc2ccccc2[nH]1. The standard InChI is InChI=1S/C13H10N4O/c18-13(16-10-6-14-8-15-7-10)12-5-9-3-1-2-4-11(9)17-12/h1-8,17H,(H,16,18). The van der Waals surface area contributed by atoms with Crippen molar-refractivity contribution in [3.8, 4) is 0 Å². The van der Waals surface area contributed by atoms with Crippen molar-refractivity contribution < 1.29 is 4.79 Å². The minimum atomic E-state index is -0.207. The molecule has 5 heteroatoms. The van der Waals surface area contributed by atoms with Crippen LogP contribution in [0.15, 0.2) is 49.1 Å². The molecule has 3 rings (SSSR count). The quantitative estimate of drug-likeness (QED) is 0.719. The number of hydrogen-bond acceptors (Lipinski definition) is 3. The molecule has 0 atom stereocenters. The molecular weight excluding hydrogens is 228 g/mol. The Bertz CT molecular complexity index is 657. The van der Waals surface area contributed by atoms with E-state index in [0.29, 0.717) is 11.4 Å². The monoisotopic (exact) mass is 238 g/mol. The van der Waals surface area contributed by atoms with Crippen molar-refractivity contribution >= 4 is 22.5 Å². The number of carbonyl (C=O) groups is 1. The summed E-state index contributed by atoms with van der Waals surface area (Å²) in [7, 11) is 0. The van der Waals surface area contributed by atoms with Crippen LogP contribution in [0, 0.1) is 0 Å². The highest BCUT2D eigenvalue weighted by atomic mass is 16.1. The van der Waals surface area contributed by atoms with Crippen LogP contribution in [0.25, 0.3) is 10.9 Å². The van der Waals surface area contributed by atoms with Gasteiger partial charge in [0.1, 0.15) is 12.0 Å². The summed E-state index contributed by atoms with van der Waals surface area (Å²) in [6.07, 6.45) is 4.51. The topological polar surface area (TPSA) is 70.7 Å². The van der Waals surface area contributed by atoms with E-state index in [1.807, 2.05) is 30.3 Å². The van der Waals surface area contributed by atoms with Crippen molar-refractivity contribution in [1.29, 1.82) is 0 Å². The molecule has 18 heavy (non-hydrogen) atoms. The average Bonchev–Trinajstić information content (AvgIpc) is 2.84. The number of aromatic nitrogens is 3. The predicted octanol–water partition coefficient (Wildman–Crippen LogP) is 2.21. The van der Waals surface area contributed by atoms with E-state index in [0.717, 1.165) is 10.9 Å². The molecule has 0 saturated heterocycles. The molecule has 2 heterocycles. The minimum Gasteiger partial charge on any atom is -0.351 e. The molecule has 2 N–H and O–H groups in total. The van der Waals surface area contributed by atoms with E-state index in [4.69, 9.17) is 0 Å². The number of nitrogens with one attached hydrogen (secondary N) is 2. The summed E-state index contributed by atoms with van der Waals surface area (Å²) in [5.74, 6) is -0.207. The smallest absolute Gasteiger partial charge is 0.272 e. The van der Waals surface area contributed by atoms with Gasteiger partial charge in [-0.15, -0.1) is 0 Å². The lowest BCUT2D eigenvalue weighted by molar-refractivity contribution is 0.102. The highest BCUT2D eigenvalue weighted by Gasteiger charge is 2.09. The number of fused-ring (bicyclic) bond motifs is 1. The molecule has 0 radical (unpaired) electrons. The van der Waals surface area contributed by atoms with Crippen LogP contribution >= 0.6 is 0 Å². The number of nitrogens with zero attached hydrogens (tertiary/aromatic N) is 2. The number of hydrogen-bond donors (Lipinski definition) is 2. The largest absolute Gasteiger partial charge is 0.351 e. The van der Waals surface area contributed by atoms with Crippen molar-refractivity contribution in [1.82, 2.24) is 15.0 Å². The first-order chi connectivity index (χ1) is 8.83. The summed E-state index contributed by atoms with van der Waals surface area (Å²) < 4.78 is 0. The zero-order chi connectivity index (χ0) is 12.4. The molecule has 0 fully saturated rings. The second kappa shape index (κ2) is 4.29. The van der Waals surface area contributed by atoms with Gasteiger partial charge in [0.25, 0.3) is 5.91 Å². The Kier molecular flexibility index (Phi) is 2.49. The number of carbonyl (C=O) groups excluding carboxylic acids is 1. The Morgan fingerprint density at radius 1 is 1.17 bits per heavy atom. The highest BCUT2D eigenvalue weighted by molar-refractivity contribution is 6.05. The van der Waals surface area contributed by atoms with Crippen LogP contribution in [0.1, 0.15) is 10.5 Å². The molecule has 1 amide bonds. The maximum Gasteiger partial charge on any atom is 0.272 e. The van der Waals surface area contributed by atoms with E-state index < -0.39 is 0 Å². The third-order valence-electron chi connectivity index (χ3n) is 2.59. The van der Waals surface area contributed by atoms with E-state index >= 15 is 0 Å². The molecule has 0 saturated carbocycles. The van der Waals surface area contributed by atoms with Gasteiger partial charge in [-0.3, -0.25) is 4.79 Å². The molecular formula is C13H10N4O. The normalized spacial score (nSPS) is 10.4.